The van der Waals surface area contributed by atoms with Gasteiger partial charge in [0.05, 0.1) is 10.7 Å². The topological polar surface area (TPSA) is 73.6 Å². The highest BCUT2D eigenvalue weighted by molar-refractivity contribution is 14.1. The van der Waals surface area contributed by atoms with Gasteiger partial charge in [0.15, 0.2) is 18.1 Å². The van der Waals surface area contributed by atoms with Gasteiger partial charge < -0.3 is 20.5 Å². The first-order chi connectivity index (χ1) is 10.6. The van der Waals surface area contributed by atoms with E-state index in [1.165, 1.54) is 32.1 Å². The van der Waals surface area contributed by atoms with Crippen molar-refractivity contribution >= 4 is 40.9 Å². The predicted molar refractivity (Wildman–Crippen MR) is 101 cm³/mol. The first kappa shape index (κ1) is 20.3. The van der Waals surface area contributed by atoms with E-state index in [2.05, 4.69) is 34.0 Å². The van der Waals surface area contributed by atoms with Gasteiger partial charge in [-0.05, 0) is 53.1 Å². The molecule has 0 radical (unpaired) electrons. The minimum atomic E-state index is -0.499. The van der Waals surface area contributed by atoms with Gasteiger partial charge >= 0.3 is 0 Å². The lowest BCUT2D eigenvalue weighted by atomic mass is 9.95. The van der Waals surface area contributed by atoms with E-state index >= 15 is 0 Å². The van der Waals surface area contributed by atoms with E-state index in [9.17, 15) is 4.79 Å². The van der Waals surface area contributed by atoms with Crippen LogP contribution in [-0.2, 0) is 11.3 Å². The minimum Gasteiger partial charge on any atom is -0.493 e. The molecule has 2 rings (SSSR count). The van der Waals surface area contributed by atoms with Gasteiger partial charge in [0.2, 0.25) is 0 Å². The number of carbonyl (C=O) groups is 1. The Hall–Kier alpha value is -0.730. The smallest absolute Gasteiger partial charge is 0.255 e. The normalized spacial score (nSPS) is 14.9. The SMILES string of the molecule is COc1cc(CNC2CCCCC2)cc(I)c1OCC(N)=O.Cl. The third kappa shape index (κ3) is 6.35. The van der Waals surface area contributed by atoms with Crippen LogP contribution >= 0.6 is 35.0 Å². The quantitative estimate of drug-likeness (QED) is 0.621. The Balaban J connectivity index is 0.00000264. The zero-order valence-electron chi connectivity index (χ0n) is 13.3. The second kappa shape index (κ2) is 10.2. The largest absolute Gasteiger partial charge is 0.493 e. The lowest BCUT2D eigenvalue weighted by Crippen LogP contribution is -2.30. The van der Waals surface area contributed by atoms with Gasteiger partial charge in [-0.1, -0.05) is 19.3 Å². The highest BCUT2D eigenvalue weighted by atomic mass is 127. The highest BCUT2D eigenvalue weighted by Crippen LogP contribution is 2.34. The van der Waals surface area contributed by atoms with Crippen LogP contribution in [0.3, 0.4) is 0 Å². The zero-order chi connectivity index (χ0) is 15.9. The number of methoxy groups -OCH3 is 1. The van der Waals surface area contributed by atoms with Crippen LogP contribution in [0.5, 0.6) is 11.5 Å². The molecule has 0 saturated heterocycles. The molecule has 1 amide bonds. The van der Waals surface area contributed by atoms with Crippen molar-refractivity contribution in [2.75, 3.05) is 13.7 Å². The van der Waals surface area contributed by atoms with Crippen molar-refractivity contribution in [3.05, 3.63) is 21.3 Å². The molecule has 1 fully saturated rings. The van der Waals surface area contributed by atoms with Crippen molar-refractivity contribution in [3.8, 4) is 11.5 Å². The van der Waals surface area contributed by atoms with E-state index in [-0.39, 0.29) is 19.0 Å². The number of carbonyl (C=O) groups excluding carboxylic acids is 1. The van der Waals surface area contributed by atoms with Gasteiger partial charge in [0.1, 0.15) is 0 Å². The fourth-order valence-electron chi connectivity index (χ4n) is 2.73. The summed E-state index contributed by atoms with van der Waals surface area (Å²) in [6.45, 7) is 0.666. The van der Waals surface area contributed by atoms with Crippen molar-refractivity contribution in [3.63, 3.8) is 0 Å². The van der Waals surface area contributed by atoms with Crippen molar-refractivity contribution in [2.45, 2.75) is 44.7 Å². The molecule has 1 aromatic rings. The molecule has 1 aliphatic carbocycles. The van der Waals surface area contributed by atoms with Gasteiger partial charge in [-0.2, -0.15) is 0 Å². The Morgan fingerprint density at radius 2 is 2.04 bits per heavy atom. The first-order valence-corrected chi connectivity index (χ1v) is 8.69. The summed E-state index contributed by atoms with van der Waals surface area (Å²) in [6.07, 6.45) is 6.51. The molecule has 0 spiro atoms. The van der Waals surface area contributed by atoms with E-state index < -0.39 is 5.91 Å². The monoisotopic (exact) mass is 454 g/mol. The third-order valence-corrected chi connectivity index (χ3v) is 4.65. The van der Waals surface area contributed by atoms with E-state index in [0.717, 1.165) is 15.7 Å². The number of hydrogen-bond donors (Lipinski definition) is 2. The Morgan fingerprint density at radius 3 is 2.65 bits per heavy atom. The maximum absolute atomic E-state index is 10.9. The number of rotatable bonds is 7. The summed E-state index contributed by atoms with van der Waals surface area (Å²) in [7, 11) is 1.60. The number of amides is 1. The fraction of sp³-hybridized carbons (Fsp3) is 0.562. The molecule has 0 heterocycles. The zero-order valence-corrected chi connectivity index (χ0v) is 16.2. The van der Waals surface area contributed by atoms with Gasteiger partial charge in [0, 0.05) is 12.6 Å². The molecule has 1 aromatic carbocycles. The highest BCUT2D eigenvalue weighted by Gasteiger charge is 2.15. The molecule has 5 nitrogen and oxygen atoms in total. The third-order valence-electron chi connectivity index (χ3n) is 3.85. The number of halogens is 2. The molecule has 130 valence electrons. The Kier molecular flexibility index (Phi) is 9.01. The van der Waals surface area contributed by atoms with Gasteiger partial charge in [0.25, 0.3) is 5.91 Å². The van der Waals surface area contributed by atoms with E-state index in [1.807, 2.05) is 6.07 Å². The lowest BCUT2D eigenvalue weighted by Gasteiger charge is -2.23. The van der Waals surface area contributed by atoms with Crippen LogP contribution in [0.4, 0.5) is 0 Å². The molecule has 0 aromatic heterocycles. The van der Waals surface area contributed by atoms with Crippen LogP contribution in [-0.4, -0.2) is 25.7 Å². The summed E-state index contributed by atoms with van der Waals surface area (Å²) in [5.74, 6) is 0.706. The van der Waals surface area contributed by atoms with Crippen LogP contribution in [0.15, 0.2) is 12.1 Å². The predicted octanol–water partition coefficient (Wildman–Crippen LogP) is 3.01. The van der Waals surface area contributed by atoms with Crippen molar-refractivity contribution < 1.29 is 14.3 Å². The summed E-state index contributed by atoms with van der Waals surface area (Å²) in [5.41, 5.74) is 6.28. The number of nitrogens with two attached hydrogens (primary N) is 1. The van der Waals surface area contributed by atoms with Gasteiger partial charge in [-0.15, -0.1) is 12.4 Å². The van der Waals surface area contributed by atoms with Crippen LogP contribution in [0.25, 0.3) is 0 Å². The number of hydrogen-bond acceptors (Lipinski definition) is 4. The average molecular weight is 455 g/mol. The van der Waals surface area contributed by atoms with Crippen LogP contribution in [0.2, 0.25) is 0 Å². The summed E-state index contributed by atoms with van der Waals surface area (Å²) >= 11 is 2.19. The second-order valence-corrected chi connectivity index (χ2v) is 6.74. The summed E-state index contributed by atoms with van der Waals surface area (Å²) in [6, 6.07) is 4.62. The fourth-order valence-corrected chi connectivity index (χ4v) is 3.55. The molecule has 1 aliphatic rings. The number of nitrogens with one attached hydrogen (secondary N) is 1. The standard InChI is InChI=1S/C16H23IN2O3.ClH/c1-21-14-8-11(9-19-12-5-3-2-4-6-12)7-13(17)16(14)22-10-15(18)20;/h7-8,12,19H,2-6,9-10H2,1H3,(H2,18,20);1H. The maximum atomic E-state index is 10.9. The summed E-state index contributed by atoms with van der Waals surface area (Å²) < 4.78 is 11.7. The van der Waals surface area contributed by atoms with E-state index in [1.54, 1.807) is 7.11 Å². The number of benzene rings is 1. The molecule has 7 heteroatoms. The summed E-state index contributed by atoms with van der Waals surface area (Å²) in [5, 5.41) is 3.61. The molecular formula is C16H24ClIN2O3. The molecular weight excluding hydrogens is 431 g/mol. The molecule has 0 bridgehead atoms. The van der Waals surface area contributed by atoms with Gasteiger partial charge in [-0.3, -0.25) is 4.79 Å². The number of ether oxygens (including phenoxy) is 2. The first-order valence-electron chi connectivity index (χ1n) is 7.61. The number of primary amides is 1. The average Bonchev–Trinajstić information content (AvgIpc) is 2.52. The maximum Gasteiger partial charge on any atom is 0.255 e. The summed E-state index contributed by atoms with van der Waals surface area (Å²) in [4.78, 5) is 10.9. The van der Waals surface area contributed by atoms with Crippen molar-refractivity contribution in [1.82, 2.24) is 5.32 Å². The minimum absolute atomic E-state index is 0. The molecule has 0 atom stereocenters. The van der Waals surface area contributed by atoms with Crippen molar-refractivity contribution in [1.29, 1.82) is 0 Å². The Labute approximate surface area is 157 Å². The Morgan fingerprint density at radius 1 is 1.35 bits per heavy atom. The molecule has 0 unspecified atom stereocenters. The van der Waals surface area contributed by atoms with Crippen LogP contribution in [0, 0.1) is 3.57 Å². The lowest BCUT2D eigenvalue weighted by molar-refractivity contribution is -0.119. The molecule has 3 N–H and O–H groups in total. The van der Waals surface area contributed by atoms with Crippen molar-refractivity contribution in [2.24, 2.45) is 5.73 Å². The van der Waals surface area contributed by atoms with E-state index in [4.69, 9.17) is 15.2 Å². The van der Waals surface area contributed by atoms with Crippen LogP contribution in [0.1, 0.15) is 37.7 Å². The van der Waals surface area contributed by atoms with Gasteiger partial charge in [-0.25, -0.2) is 0 Å². The molecule has 1 saturated carbocycles. The molecule has 0 aliphatic heterocycles. The van der Waals surface area contributed by atoms with Crippen LogP contribution < -0.4 is 20.5 Å². The van der Waals surface area contributed by atoms with E-state index in [0.29, 0.717) is 17.5 Å². The second-order valence-electron chi connectivity index (χ2n) is 5.58. The molecule has 23 heavy (non-hydrogen) atoms. The Bertz CT molecular complexity index is 522.